The zero-order chi connectivity index (χ0) is 17.6. The average molecular weight is 378 g/mol. The largest absolute Gasteiger partial charge is 0.384 e. The molecule has 2 aromatic rings. The van der Waals surface area contributed by atoms with Crippen LogP contribution in [-0.2, 0) is 11.3 Å². The Morgan fingerprint density at radius 2 is 1.88 bits per heavy atom. The second-order valence-corrected chi connectivity index (χ2v) is 7.57. The first kappa shape index (κ1) is 18.7. The number of halogens is 2. The Kier molecular flexibility index (Phi) is 6.77. The Labute approximate surface area is 160 Å². The molecule has 2 atom stereocenters. The molecular formula is C21H25Cl2NO. The van der Waals surface area contributed by atoms with E-state index in [0.29, 0.717) is 28.6 Å². The van der Waals surface area contributed by atoms with Crippen molar-refractivity contribution < 1.29 is 4.74 Å². The lowest BCUT2D eigenvalue weighted by atomic mass is 9.85. The SMILES string of the molecule is COC[C@H](c1ccc(Cl)c(Cl)c1)[C@H]1CCCCN1Cc1ccccc1. The highest BCUT2D eigenvalue weighted by Crippen LogP contribution is 2.34. The molecule has 1 saturated heterocycles. The minimum absolute atomic E-state index is 0.295. The van der Waals surface area contributed by atoms with Crippen LogP contribution in [-0.4, -0.2) is 31.2 Å². The molecule has 1 aliphatic rings. The third kappa shape index (κ3) is 4.77. The minimum Gasteiger partial charge on any atom is -0.384 e. The highest BCUT2D eigenvalue weighted by atomic mass is 35.5. The molecule has 4 heteroatoms. The van der Waals surface area contributed by atoms with E-state index in [-0.39, 0.29) is 0 Å². The lowest BCUT2D eigenvalue weighted by molar-refractivity contribution is 0.0768. The van der Waals surface area contributed by atoms with E-state index in [1.54, 1.807) is 7.11 Å². The van der Waals surface area contributed by atoms with Crippen molar-refractivity contribution in [2.24, 2.45) is 0 Å². The highest BCUT2D eigenvalue weighted by Gasteiger charge is 2.31. The van der Waals surface area contributed by atoms with Crippen LogP contribution in [0.4, 0.5) is 0 Å². The Bertz CT molecular complexity index is 677. The molecule has 0 bridgehead atoms. The Hall–Kier alpha value is -1.06. The lowest BCUT2D eigenvalue weighted by Gasteiger charge is -2.40. The van der Waals surface area contributed by atoms with Gasteiger partial charge in [0, 0.05) is 25.6 Å². The van der Waals surface area contributed by atoms with Crippen LogP contribution in [0.3, 0.4) is 0 Å². The van der Waals surface area contributed by atoms with Crippen LogP contribution in [0.1, 0.15) is 36.3 Å². The number of piperidine rings is 1. The molecule has 0 saturated carbocycles. The normalized spacial score (nSPS) is 19.7. The molecule has 0 unspecified atom stereocenters. The van der Waals surface area contributed by atoms with Gasteiger partial charge in [-0.2, -0.15) is 0 Å². The maximum Gasteiger partial charge on any atom is 0.0595 e. The van der Waals surface area contributed by atoms with Gasteiger partial charge in [0.1, 0.15) is 0 Å². The van der Waals surface area contributed by atoms with Gasteiger partial charge in [-0.3, -0.25) is 4.90 Å². The van der Waals surface area contributed by atoms with E-state index in [1.165, 1.54) is 30.4 Å². The summed E-state index contributed by atoms with van der Waals surface area (Å²) >= 11 is 12.4. The van der Waals surface area contributed by atoms with E-state index in [0.717, 1.165) is 13.1 Å². The average Bonchev–Trinajstić information content (AvgIpc) is 2.64. The summed E-state index contributed by atoms with van der Waals surface area (Å²) in [5, 5.41) is 1.22. The summed E-state index contributed by atoms with van der Waals surface area (Å²) in [5.41, 5.74) is 2.57. The summed E-state index contributed by atoms with van der Waals surface area (Å²) in [6, 6.07) is 17.1. The van der Waals surface area contributed by atoms with Gasteiger partial charge in [-0.15, -0.1) is 0 Å². The maximum atomic E-state index is 6.28. The van der Waals surface area contributed by atoms with Crippen LogP contribution in [0.25, 0.3) is 0 Å². The van der Waals surface area contributed by atoms with E-state index in [2.05, 4.69) is 41.3 Å². The fourth-order valence-electron chi connectivity index (χ4n) is 3.84. The van der Waals surface area contributed by atoms with E-state index in [4.69, 9.17) is 27.9 Å². The molecule has 0 N–H and O–H groups in total. The second-order valence-electron chi connectivity index (χ2n) is 6.75. The molecule has 0 spiro atoms. The lowest BCUT2D eigenvalue weighted by Crippen LogP contribution is -2.44. The summed E-state index contributed by atoms with van der Waals surface area (Å²) in [6.07, 6.45) is 3.70. The fourth-order valence-corrected chi connectivity index (χ4v) is 4.15. The van der Waals surface area contributed by atoms with E-state index >= 15 is 0 Å². The van der Waals surface area contributed by atoms with Crippen LogP contribution < -0.4 is 0 Å². The third-order valence-corrected chi connectivity index (χ3v) is 5.81. The van der Waals surface area contributed by atoms with Crippen molar-refractivity contribution in [2.75, 3.05) is 20.3 Å². The summed E-state index contributed by atoms with van der Waals surface area (Å²) in [7, 11) is 1.77. The van der Waals surface area contributed by atoms with E-state index in [1.807, 2.05) is 12.1 Å². The zero-order valence-electron chi connectivity index (χ0n) is 14.6. The number of hydrogen-bond acceptors (Lipinski definition) is 2. The standard InChI is InChI=1S/C21H25Cl2NO/c1-25-15-18(17-10-11-19(22)20(23)13-17)21-9-5-6-12-24(21)14-16-7-3-2-4-8-16/h2-4,7-8,10-11,13,18,21H,5-6,9,12,14-15H2,1H3/t18-,21-/m1/s1. The number of ether oxygens (including phenoxy) is 1. The molecule has 3 rings (SSSR count). The van der Waals surface area contributed by atoms with Gasteiger partial charge in [0.2, 0.25) is 0 Å². The van der Waals surface area contributed by atoms with Gasteiger partial charge < -0.3 is 4.74 Å². The molecule has 0 aromatic heterocycles. The van der Waals surface area contributed by atoms with Crippen LogP contribution in [0, 0.1) is 0 Å². The first-order chi connectivity index (χ1) is 12.2. The van der Waals surface area contributed by atoms with Crippen molar-refractivity contribution in [1.29, 1.82) is 0 Å². The molecule has 0 amide bonds. The van der Waals surface area contributed by atoms with Gasteiger partial charge in [-0.05, 0) is 42.6 Å². The van der Waals surface area contributed by atoms with Crippen molar-refractivity contribution in [3.8, 4) is 0 Å². The first-order valence-electron chi connectivity index (χ1n) is 8.91. The van der Waals surface area contributed by atoms with Crippen LogP contribution in [0.2, 0.25) is 10.0 Å². The molecule has 1 fully saturated rings. The number of benzene rings is 2. The number of nitrogens with zero attached hydrogens (tertiary/aromatic N) is 1. The summed E-state index contributed by atoms with van der Waals surface area (Å²) in [5.74, 6) is 0.295. The fraction of sp³-hybridized carbons (Fsp3) is 0.429. The Morgan fingerprint density at radius 1 is 1.08 bits per heavy atom. The van der Waals surface area contributed by atoms with Crippen molar-refractivity contribution in [3.63, 3.8) is 0 Å². The van der Waals surface area contributed by atoms with Crippen molar-refractivity contribution in [3.05, 3.63) is 69.7 Å². The van der Waals surface area contributed by atoms with Crippen molar-refractivity contribution >= 4 is 23.2 Å². The smallest absolute Gasteiger partial charge is 0.0595 e. The quantitative estimate of drug-likeness (QED) is 0.632. The van der Waals surface area contributed by atoms with Crippen LogP contribution >= 0.6 is 23.2 Å². The molecule has 1 aliphatic heterocycles. The molecule has 0 aliphatic carbocycles. The third-order valence-electron chi connectivity index (χ3n) is 5.08. The minimum atomic E-state index is 0.295. The molecule has 1 heterocycles. The predicted molar refractivity (Wildman–Crippen MR) is 106 cm³/mol. The summed E-state index contributed by atoms with van der Waals surface area (Å²) < 4.78 is 5.58. The number of methoxy groups -OCH3 is 1. The van der Waals surface area contributed by atoms with Crippen molar-refractivity contribution in [1.82, 2.24) is 4.90 Å². The van der Waals surface area contributed by atoms with Gasteiger partial charge in [-0.25, -0.2) is 0 Å². The summed E-state index contributed by atoms with van der Waals surface area (Å²) in [4.78, 5) is 2.60. The number of hydrogen-bond donors (Lipinski definition) is 0. The monoisotopic (exact) mass is 377 g/mol. The van der Waals surface area contributed by atoms with Gasteiger partial charge in [-0.1, -0.05) is 66.0 Å². The van der Waals surface area contributed by atoms with E-state index < -0.39 is 0 Å². The first-order valence-corrected chi connectivity index (χ1v) is 9.66. The van der Waals surface area contributed by atoms with E-state index in [9.17, 15) is 0 Å². The Balaban J connectivity index is 1.85. The number of likely N-dealkylation sites (tertiary alicyclic amines) is 1. The summed E-state index contributed by atoms with van der Waals surface area (Å²) in [6.45, 7) is 2.79. The molecule has 134 valence electrons. The van der Waals surface area contributed by atoms with Crippen LogP contribution in [0.15, 0.2) is 48.5 Å². The molecule has 2 nitrogen and oxygen atoms in total. The molecule has 2 aromatic carbocycles. The molecule has 0 radical (unpaired) electrons. The number of rotatable bonds is 6. The topological polar surface area (TPSA) is 12.5 Å². The van der Waals surface area contributed by atoms with Gasteiger partial charge in [0.15, 0.2) is 0 Å². The second kappa shape index (κ2) is 9.05. The predicted octanol–water partition coefficient (Wildman–Crippen LogP) is 5.78. The Morgan fingerprint density at radius 3 is 2.60 bits per heavy atom. The van der Waals surface area contributed by atoms with Gasteiger partial charge in [0.25, 0.3) is 0 Å². The maximum absolute atomic E-state index is 6.28. The van der Waals surface area contributed by atoms with Crippen molar-refractivity contribution in [2.45, 2.75) is 37.8 Å². The van der Waals surface area contributed by atoms with Gasteiger partial charge >= 0.3 is 0 Å². The van der Waals surface area contributed by atoms with Gasteiger partial charge in [0.05, 0.1) is 16.7 Å². The van der Waals surface area contributed by atoms with Crippen LogP contribution in [0.5, 0.6) is 0 Å². The zero-order valence-corrected chi connectivity index (χ0v) is 16.1. The molecule has 25 heavy (non-hydrogen) atoms. The molecular weight excluding hydrogens is 353 g/mol. The highest BCUT2D eigenvalue weighted by molar-refractivity contribution is 6.42.